The van der Waals surface area contributed by atoms with Gasteiger partial charge in [0.2, 0.25) is 0 Å². The largest absolute Gasteiger partial charge is 0.387 e. The van der Waals surface area contributed by atoms with E-state index in [9.17, 15) is 5.11 Å². The van der Waals surface area contributed by atoms with Crippen LogP contribution in [-0.2, 0) is 4.74 Å². The monoisotopic (exact) mass is 377 g/mol. The van der Waals surface area contributed by atoms with E-state index in [0.717, 1.165) is 54.8 Å². The van der Waals surface area contributed by atoms with Crippen molar-refractivity contribution in [3.05, 3.63) is 0 Å². The SMILES string of the molecule is CCOC[C@@]1(O)CCC2C(CCC3C2CCC2(C)C3CC[C@@H]2C(N)CC)C1. The van der Waals surface area contributed by atoms with Gasteiger partial charge in [0.1, 0.15) is 0 Å². The summed E-state index contributed by atoms with van der Waals surface area (Å²) in [5.74, 6) is 5.07. The lowest BCUT2D eigenvalue weighted by Gasteiger charge is -2.57. The fraction of sp³-hybridized carbons (Fsp3) is 1.00. The molecule has 0 aliphatic heterocycles. The fourth-order valence-corrected chi connectivity index (χ4v) is 8.41. The molecule has 4 aliphatic carbocycles. The molecule has 0 radical (unpaired) electrons. The van der Waals surface area contributed by atoms with Gasteiger partial charge in [0.05, 0.1) is 12.2 Å². The Morgan fingerprint density at radius 3 is 2.52 bits per heavy atom. The van der Waals surface area contributed by atoms with E-state index in [1.807, 2.05) is 6.92 Å². The molecule has 4 aliphatic rings. The van der Waals surface area contributed by atoms with Crippen LogP contribution in [0.4, 0.5) is 0 Å². The standard InChI is InChI=1S/C24H43NO2/c1-4-22(25)21-9-8-20-19-7-6-16-14-24(26,15-27-5-2)13-11-17(16)18(19)10-12-23(20,21)3/h16-22,26H,4-15,25H2,1-3H3/t16?,17?,18?,19?,20?,21-,22?,23?,24-/m1/s1. The molecular weight excluding hydrogens is 334 g/mol. The molecule has 3 nitrogen and oxygen atoms in total. The highest BCUT2D eigenvalue weighted by Crippen LogP contribution is 2.65. The van der Waals surface area contributed by atoms with Gasteiger partial charge < -0.3 is 15.6 Å². The summed E-state index contributed by atoms with van der Waals surface area (Å²) in [6.45, 7) is 8.14. The Balaban J connectivity index is 1.46. The first-order valence-corrected chi connectivity index (χ1v) is 12.0. The Kier molecular flexibility index (Phi) is 5.68. The second kappa shape index (κ2) is 7.61. The summed E-state index contributed by atoms with van der Waals surface area (Å²) in [5, 5.41) is 11.0. The second-order valence-corrected chi connectivity index (χ2v) is 10.8. The predicted molar refractivity (Wildman–Crippen MR) is 110 cm³/mol. The van der Waals surface area contributed by atoms with Crippen molar-refractivity contribution in [2.24, 2.45) is 46.7 Å². The van der Waals surface area contributed by atoms with E-state index in [-0.39, 0.29) is 0 Å². The van der Waals surface area contributed by atoms with Crippen LogP contribution >= 0.6 is 0 Å². The molecule has 0 aromatic heterocycles. The summed E-state index contributed by atoms with van der Waals surface area (Å²) in [5.41, 5.74) is 6.51. The van der Waals surface area contributed by atoms with Gasteiger partial charge in [-0.2, -0.15) is 0 Å². The van der Waals surface area contributed by atoms with Crippen LogP contribution in [-0.4, -0.2) is 30.0 Å². The molecule has 27 heavy (non-hydrogen) atoms. The van der Waals surface area contributed by atoms with Gasteiger partial charge in [0, 0.05) is 12.6 Å². The minimum Gasteiger partial charge on any atom is -0.387 e. The lowest BCUT2D eigenvalue weighted by Crippen LogP contribution is -2.53. The molecule has 0 saturated heterocycles. The Hall–Kier alpha value is -0.120. The normalized spacial score (nSPS) is 50.6. The van der Waals surface area contributed by atoms with Crippen molar-refractivity contribution in [1.82, 2.24) is 0 Å². The zero-order chi connectivity index (χ0) is 19.2. The number of hydrogen-bond acceptors (Lipinski definition) is 3. The third kappa shape index (κ3) is 3.40. The first-order chi connectivity index (χ1) is 12.9. The minimum atomic E-state index is -0.556. The molecule has 3 heteroatoms. The van der Waals surface area contributed by atoms with Crippen LogP contribution in [0, 0.1) is 40.9 Å². The van der Waals surface area contributed by atoms with Gasteiger partial charge in [-0.1, -0.05) is 13.8 Å². The van der Waals surface area contributed by atoms with Gasteiger partial charge in [-0.15, -0.1) is 0 Å². The maximum Gasteiger partial charge on any atom is 0.0883 e. The Morgan fingerprint density at radius 1 is 1.00 bits per heavy atom. The molecule has 156 valence electrons. The van der Waals surface area contributed by atoms with Crippen molar-refractivity contribution in [3.63, 3.8) is 0 Å². The quantitative estimate of drug-likeness (QED) is 0.726. The maximum atomic E-state index is 11.0. The molecule has 3 N–H and O–H groups in total. The molecule has 7 unspecified atom stereocenters. The summed E-state index contributed by atoms with van der Waals surface area (Å²) < 4.78 is 5.62. The van der Waals surface area contributed by atoms with Crippen LogP contribution in [0.2, 0.25) is 0 Å². The molecule has 0 amide bonds. The second-order valence-electron chi connectivity index (χ2n) is 10.8. The molecule has 4 fully saturated rings. The summed E-state index contributed by atoms with van der Waals surface area (Å²) in [4.78, 5) is 0. The van der Waals surface area contributed by atoms with Gasteiger partial charge in [0.25, 0.3) is 0 Å². The summed E-state index contributed by atoms with van der Waals surface area (Å²) >= 11 is 0. The number of rotatable bonds is 5. The third-order valence-electron chi connectivity index (χ3n) is 9.74. The Morgan fingerprint density at radius 2 is 1.78 bits per heavy atom. The van der Waals surface area contributed by atoms with Gasteiger partial charge in [-0.25, -0.2) is 0 Å². The van der Waals surface area contributed by atoms with Crippen molar-refractivity contribution in [3.8, 4) is 0 Å². The number of aliphatic hydroxyl groups is 1. The van der Waals surface area contributed by atoms with E-state index in [1.54, 1.807) is 0 Å². The van der Waals surface area contributed by atoms with Crippen molar-refractivity contribution in [2.75, 3.05) is 13.2 Å². The molecule has 0 bridgehead atoms. The van der Waals surface area contributed by atoms with Crippen LogP contribution in [0.3, 0.4) is 0 Å². The third-order valence-corrected chi connectivity index (χ3v) is 9.74. The first kappa shape index (κ1) is 20.2. The molecule has 9 atom stereocenters. The van der Waals surface area contributed by atoms with Crippen molar-refractivity contribution in [2.45, 2.75) is 96.6 Å². The van der Waals surface area contributed by atoms with Crippen molar-refractivity contribution in [1.29, 1.82) is 0 Å². The Labute approximate surface area is 166 Å². The number of ether oxygens (including phenoxy) is 1. The minimum absolute atomic E-state index is 0.399. The summed E-state index contributed by atoms with van der Waals surface area (Å²) in [6, 6.07) is 0.399. The average Bonchev–Trinajstić information content (AvgIpc) is 3.02. The van der Waals surface area contributed by atoms with Gasteiger partial charge in [0.15, 0.2) is 0 Å². The topological polar surface area (TPSA) is 55.5 Å². The van der Waals surface area contributed by atoms with Crippen molar-refractivity contribution >= 4 is 0 Å². The lowest BCUT2D eigenvalue weighted by molar-refractivity contribution is -0.128. The van der Waals surface area contributed by atoms with Crippen LogP contribution < -0.4 is 5.73 Å². The van der Waals surface area contributed by atoms with Gasteiger partial charge in [-0.3, -0.25) is 0 Å². The average molecular weight is 378 g/mol. The van der Waals surface area contributed by atoms with E-state index >= 15 is 0 Å². The molecule has 0 heterocycles. The van der Waals surface area contributed by atoms with E-state index in [0.29, 0.717) is 24.7 Å². The molecule has 0 aromatic rings. The highest BCUT2D eigenvalue weighted by atomic mass is 16.5. The molecular formula is C24H43NO2. The molecule has 4 rings (SSSR count). The van der Waals surface area contributed by atoms with Gasteiger partial charge >= 0.3 is 0 Å². The zero-order valence-corrected chi connectivity index (χ0v) is 18.0. The zero-order valence-electron chi connectivity index (χ0n) is 18.0. The van der Waals surface area contributed by atoms with Gasteiger partial charge in [-0.05, 0) is 112 Å². The lowest BCUT2D eigenvalue weighted by atomic mass is 9.48. The fourth-order valence-electron chi connectivity index (χ4n) is 8.41. The van der Waals surface area contributed by atoms with Crippen LogP contribution in [0.1, 0.15) is 85.0 Å². The first-order valence-electron chi connectivity index (χ1n) is 12.0. The van der Waals surface area contributed by atoms with E-state index in [4.69, 9.17) is 10.5 Å². The van der Waals surface area contributed by atoms with E-state index < -0.39 is 5.60 Å². The maximum absolute atomic E-state index is 11.0. The highest BCUT2D eigenvalue weighted by Gasteiger charge is 2.58. The summed E-state index contributed by atoms with van der Waals surface area (Å²) in [7, 11) is 0. The number of hydrogen-bond donors (Lipinski definition) is 2. The van der Waals surface area contributed by atoms with Crippen LogP contribution in [0.25, 0.3) is 0 Å². The molecule has 4 saturated carbocycles. The molecule has 0 aromatic carbocycles. The summed E-state index contributed by atoms with van der Waals surface area (Å²) in [6.07, 6.45) is 12.6. The predicted octanol–water partition coefficient (Wildman–Crippen LogP) is 4.76. The van der Waals surface area contributed by atoms with E-state index in [1.165, 1.54) is 44.9 Å². The van der Waals surface area contributed by atoms with E-state index in [2.05, 4.69) is 13.8 Å². The van der Waals surface area contributed by atoms with Crippen molar-refractivity contribution < 1.29 is 9.84 Å². The van der Waals surface area contributed by atoms with Crippen LogP contribution in [0.5, 0.6) is 0 Å². The highest BCUT2D eigenvalue weighted by molar-refractivity contribution is 5.08. The molecule has 0 spiro atoms. The Bertz CT molecular complexity index is 525. The smallest absolute Gasteiger partial charge is 0.0883 e. The number of nitrogens with two attached hydrogens (primary N) is 1. The number of fused-ring (bicyclic) bond motifs is 5. The van der Waals surface area contributed by atoms with Crippen LogP contribution in [0.15, 0.2) is 0 Å².